The SMILES string of the molecule is Cc1nn(C)c(C)c1C(C)NC(CO)Cc1ccccc1. The van der Waals surface area contributed by atoms with Crippen molar-refractivity contribution < 1.29 is 5.11 Å². The highest BCUT2D eigenvalue weighted by Crippen LogP contribution is 2.21. The molecule has 4 heteroatoms. The summed E-state index contributed by atoms with van der Waals surface area (Å²) in [6, 6.07) is 10.5. The van der Waals surface area contributed by atoms with Crippen LogP contribution in [-0.2, 0) is 13.5 Å². The lowest BCUT2D eigenvalue weighted by molar-refractivity contribution is 0.232. The van der Waals surface area contributed by atoms with Crippen LogP contribution in [0.3, 0.4) is 0 Å². The van der Waals surface area contributed by atoms with Gasteiger partial charge in [-0.2, -0.15) is 5.10 Å². The van der Waals surface area contributed by atoms with E-state index < -0.39 is 0 Å². The summed E-state index contributed by atoms with van der Waals surface area (Å²) in [6.45, 7) is 6.37. The average molecular weight is 287 g/mol. The molecule has 0 fully saturated rings. The Balaban J connectivity index is 2.07. The van der Waals surface area contributed by atoms with E-state index >= 15 is 0 Å². The number of hydrogen-bond acceptors (Lipinski definition) is 3. The van der Waals surface area contributed by atoms with Crippen LogP contribution in [0, 0.1) is 13.8 Å². The fraction of sp³-hybridized carbons (Fsp3) is 0.471. The normalized spacial score (nSPS) is 14.1. The Kier molecular flexibility index (Phi) is 5.15. The van der Waals surface area contributed by atoms with Crippen molar-refractivity contribution in [1.29, 1.82) is 0 Å². The maximum atomic E-state index is 9.64. The van der Waals surface area contributed by atoms with Crippen LogP contribution in [0.1, 0.15) is 35.5 Å². The van der Waals surface area contributed by atoms with Crippen molar-refractivity contribution in [2.24, 2.45) is 7.05 Å². The van der Waals surface area contributed by atoms with Crippen molar-refractivity contribution in [2.75, 3.05) is 6.61 Å². The molecule has 0 spiro atoms. The third kappa shape index (κ3) is 3.71. The molecule has 0 aliphatic rings. The highest BCUT2D eigenvalue weighted by Gasteiger charge is 2.19. The first kappa shape index (κ1) is 15.7. The van der Waals surface area contributed by atoms with Crippen molar-refractivity contribution in [3.8, 4) is 0 Å². The highest BCUT2D eigenvalue weighted by atomic mass is 16.3. The number of rotatable bonds is 6. The van der Waals surface area contributed by atoms with E-state index in [0.717, 1.165) is 12.1 Å². The zero-order valence-corrected chi connectivity index (χ0v) is 13.3. The monoisotopic (exact) mass is 287 g/mol. The topological polar surface area (TPSA) is 50.1 Å². The molecule has 2 N–H and O–H groups in total. The highest BCUT2D eigenvalue weighted by molar-refractivity contribution is 5.28. The molecule has 0 aliphatic carbocycles. The summed E-state index contributed by atoms with van der Waals surface area (Å²) in [5.74, 6) is 0. The quantitative estimate of drug-likeness (QED) is 0.857. The van der Waals surface area contributed by atoms with Crippen LogP contribution in [-0.4, -0.2) is 27.5 Å². The van der Waals surface area contributed by atoms with Gasteiger partial charge >= 0.3 is 0 Å². The third-order valence-electron chi connectivity index (χ3n) is 4.03. The Morgan fingerprint density at radius 2 is 1.90 bits per heavy atom. The maximum absolute atomic E-state index is 9.64. The lowest BCUT2D eigenvalue weighted by Gasteiger charge is -2.22. The number of benzene rings is 1. The summed E-state index contributed by atoms with van der Waals surface area (Å²) in [5.41, 5.74) is 4.68. The standard InChI is InChI=1S/C17H25N3O/c1-12(17-13(2)19-20(4)14(17)3)18-16(11-21)10-15-8-6-5-7-9-15/h5-9,12,16,18,21H,10-11H2,1-4H3. The van der Waals surface area contributed by atoms with Crippen LogP contribution in [0.5, 0.6) is 0 Å². The van der Waals surface area contributed by atoms with Crippen molar-refractivity contribution >= 4 is 0 Å². The molecule has 0 amide bonds. The summed E-state index contributed by atoms with van der Waals surface area (Å²) >= 11 is 0. The van der Waals surface area contributed by atoms with Crippen molar-refractivity contribution in [3.05, 3.63) is 52.8 Å². The molecular weight excluding hydrogens is 262 g/mol. The van der Waals surface area contributed by atoms with E-state index in [-0.39, 0.29) is 18.7 Å². The zero-order chi connectivity index (χ0) is 15.4. The maximum Gasteiger partial charge on any atom is 0.0644 e. The summed E-state index contributed by atoms with van der Waals surface area (Å²) in [4.78, 5) is 0. The second-order valence-corrected chi connectivity index (χ2v) is 5.67. The third-order valence-corrected chi connectivity index (χ3v) is 4.03. The molecule has 0 saturated carbocycles. The molecule has 114 valence electrons. The molecule has 2 atom stereocenters. The van der Waals surface area contributed by atoms with E-state index in [1.54, 1.807) is 0 Å². The largest absolute Gasteiger partial charge is 0.395 e. The van der Waals surface area contributed by atoms with Crippen LogP contribution in [0.25, 0.3) is 0 Å². The lowest BCUT2D eigenvalue weighted by Crippen LogP contribution is -2.36. The number of aryl methyl sites for hydroxylation is 2. The summed E-state index contributed by atoms with van der Waals surface area (Å²) in [6.07, 6.45) is 0.819. The van der Waals surface area contributed by atoms with Crippen molar-refractivity contribution in [1.82, 2.24) is 15.1 Å². The van der Waals surface area contributed by atoms with Gasteiger partial charge in [0.15, 0.2) is 0 Å². The minimum absolute atomic E-state index is 0.0430. The molecule has 2 unspecified atom stereocenters. The minimum atomic E-state index is 0.0430. The molecule has 0 saturated heterocycles. The number of hydrogen-bond donors (Lipinski definition) is 2. The van der Waals surface area contributed by atoms with Gasteiger partial charge in [-0.05, 0) is 32.8 Å². The van der Waals surface area contributed by atoms with Gasteiger partial charge in [-0.15, -0.1) is 0 Å². The van der Waals surface area contributed by atoms with Gasteiger partial charge in [0.2, 0.25) is 0 Å². The van der Waals surface area contributed by atoms with Gasteiger partial charge in [0.25, 0.3) is 0 Å². The molecule has 2 rings (SSSR count). The molecular formula is C17H25N3O. The first-order valence-electron chi connectivity index (χ1n) is 7.43. The average Bonchev–Trinajstić information content (AvgIpc) is 2.72. The zero-order valence-electron chi connectivity index (χ0n) is 13.3. The first-order valence-corrected chi connectivity index (χ1v) is 7.43. The number of aromatic nitrogens is 2. The number of aliphatic hydroxyl groups excluding tert-OH is 1. The van der Waals surface area contributed by atoms with E-state index in [1.165, 1.54) is 16.8 Å². The van der Waals surface area contributed by atoms with Gasteiger partial charge < -0.3 is 10.4 Å². The van der Waals surface area contributed by atoms with Gasteiger partial charge in [0.05, 0.1) is 12.3 Å². The first-order chi connectivity index (χ1) is 10.0. The van der Waals surface area contributed by atoms with Crippen LogP contribution in [0.2, 0.25) is 0 Å². The number of nitrogens with one attached hydrogen (secondary N) is 1. The molecule has 1 aromatic carbocycles. The Labute approximate surface area is 126 Å². The van der Waals surface area contributed by atoms with E-state index in [4.69, 9.17) is 0 Å². The molecule has 1 aromatic heterocycles. The van der Waals surface area contributed by atoms with Crippen LogP contribution >= 0.6 is 0 Å². The molecule has 0 radical (unpaired) electrons. The molecule has 1 heterocycles. The molecule has 2 aromatic rings. The van der Waals surface area contributed by atoms with Crippen LogP contribution in [0.4, 0.5) is 0 Å². The smallest absolute Gasteiger partial charge is 0.0644 e. The lowest BCUT2D eigenvalue weighted by atomic mass is 10.0. The van der Waals surface area contributed by atoms with E-state index in [0.29, 0.717) is 0 Å². The van der Waals surface area contributed by atoms with E-state index in [1.807, 2.05) is 36.9 Å². The Bertz CT molecular complexity index is 577. The van der Waals surface area contributed by atoms with E-state index in [9.17, 15) is 5.11 Å². The summed E-state index contributed by atoms with van der Waals surface area (Å²) in [5, 5.41) is 17.6. The van der Waals surface area contributed by atoms with Gasteiger partial charge in [0.1, 0.15) is 0 Å². The van der Waals surface area contributed by atoms with Crippen LogP contribution < -0.4 is 5.32 Å². The van der Waals surface area contributed by atoms with Gasteiger partial charge in [0, 0.05) is 30.4 Å². The summed E-state index contributed by atoms with van der Waals surface area (Å²) in [7, 11) is 1.96. The number of aliphatic hydroxyl groups is 1. The Morgan fingerprint density at radius 3 is 2.43 bits per heavy atom. The number of nitrogens with zero attached hydrogens (tertiary/aromatic N) is 2. The fourth-order valence-electron chi connectivity index (χ4n) is 2.93. The summed E-state index contributed by atoms with van der Waals surface area (Å²) < 4.78 is 1.91. The Morgan fingerprint density at radius 1 is 1.24 bits per heavy atom. The van der Waals surface area contributed by atoms with Gasteiger partial charge in [-0.1, -0.05) is 30.3 Å². The second-order valence-electron chi connectivity index (χ2n) is 5.67. The van der Waals surface area contributed by atoms with E-state index in [2.05, 4.69) is 36.4 Å². The van der Waals surface area contributed by atoms with Gasteiger partial charge in [-0.25, -0.2) is 0 Å². The molecule has 21 heavy (non-hydrogen) atoms. The Hall–Kier alpha value is -1.65. The van der Waals surface area contributed by atoms with Crippen molar-refractivity contribution in [2.45, 2.75) is 39.3 Å². The minimum Gasteiger partial charge on any atom is -0.395 e. The molecule has 0 bridgehead atoms. The van der Waals surface area contributed by atoms with Crippen molar-refractivity contribution in [3.63, 3.8) is 0 Å². The predicted molar refractivity (Wildman–Crippen MR) is 85.3 cm³/mol. The van der Waals surface area contributed by atoms with Crippen LogP contribution in [0.15, 0.2) is 30.3 Å². The van der Waals surface area contributed by atoms with Gasteiger partial charge in [-0.3, -0.25) is 4.68 Å². The molecule has 0 aliphatic heterocycles. The second kappa shape index (κ2) is 6.87. The molecule has 4 nitrogen and oxygen atoms in total. The predicted octanol–water partition coefficient (Wildman–Crippen LogP) is 2.29. The fourth-order valence-corrected chi connectivity index (χ4v) is 2.93.